The first-order chi connectivity index (χ1) is 17.7. The molecule has 3 atom stereocenters. The van der Waals surface area contributed by atoms with Gasteiger partial charge in [-0.2, -0.15) is 0 Å². The highest BCUT2D eigenvalue weighted by molar-refractivity contribution is 5.91. The van der Waals surface area contributed by atoms with Crippen LogP contribution in [-0.4, -0.2) is 7.11 Å². The van der Waals surface area contributed by atoms with Crippen molar-refractivity contribution >= 4 is 5.57 Å². The second kappa shape index (κ2) is 8.47. The number of allylic oxidation sites excluding steroid dienone is 7. The van der Waals surface area contributed by atoms with Crippen molar-refractivity contribution in [2.24, 2.45) is 16.2 Å². The van der Waals surface area contributed by atoms with Gasteiger partial charge in [-0.25, -0.2) is 0 Å². The predicted octanol–water partition coefficient (Wildman–Crippen LogP) is 10.1. The van der Waals surface area contributed by atoms with Crippen LogP contribution in [0, 0.1) is 30.1 Å². The van der Waals surface area contributed by atoms with E-state index in [9.17, 15) is 0 Å². The summed E-state index contributed by atoms with van der Waals surface area (Å²) in [4.78, 5) is 0. The van der Waals surface area contributed by atoms with Crippen molar-refractivity contribution < 1.29 is 4.74 Å². The van der Waals surface area contributed by atoms with E-state index in [2.05, 4.69) is 92.3 Å². The van der Waals surface area contributed by atoms with Gasteiger partial charge < -0.3 is 4.74 Å². The molecule has 38 heavy (non-hydrogen) atoms. The van der Waals surface area contributed by atoms with Gasteiger partial charge in [-0.3, -0.25) is 0 Å². The highest BCUT2D eigenvalue weighted by atomic mass is 16.5. The van der Waals surface area contributed by atoms with Crippen molar-refractivity contribution in [2.75, 3.05) is 7.11 Å². The summed E-state index contributed by atoms with van der Waals surface area (Å²) in [5, 5.41) is 0. The first-order valence-corrected chi connectivity index (χ1v) is 13.9. The maximum absolute atomic E-state index is 5.85. The van der Waals surface area contributed by atoms with E-state index in [1.165, 1.54) is 66.8 Å². The Morgan fingerprint density at radius 2 is 1.61 bits per heavy atom. The van der Waals surface area contributed by atoms with Gasteiger partial charge >= 0.3 is 0 Å². The fraction of sp³-hybridized carbons (Fsp3) is 0.405. The fourth-order valence-electron chi connectivity index (χ4n) is 8.82. The van der Waals surface area contributed by atoms with E-state index in [1.54, 1.807) is 7.11 Å². The summed E-state index contributed by atoms with van der Waals surface area (Å²) >= 11 is 0. The Kier molecular flexibility index (Phi) is 5.92. The van der Waals surface area contributed by atoms with E-state index in [0.717, 1.165) is 30.6 Å². The Balaban J connectivity index is 1.78. The van der Waals surface area contributed by atoms with E-state index in [0.29, 0.717) is 0 Å². The van der Waals surface area contributed by atoms with E-state index < -0.39 is 0 Å². The first kappa shape index (κ1) is 26.5. The van der Waals surface area contributed by atoms with Crippen molar-refractivity contribution in [1.82, 2.24) is 0 Å². The van der Waals surface area contributed by atoms with Crippen LogP contribution >= 0.6 is 0 Å². The van der Waals surface area contributed by atoms with Gasteiger partial charge in [0.15, 0.2) is 0 Å². The Hall–Kier alpha value is -3.06. The minimum Gasteiger partial charge on any atom is -0.496 e. The third-order valence-corrected chi connectivity index (χ3v) is 10.5. The SMILES string of the molecule is C=C(C)C1=C(C)C[C@@]2(C)C[C@@]3(C)Cc4c(-c5cc(C)ccc5OC)ccc(C)c4C(=C)C3=C(C)[C@@]2(C)C1=C. The van der Waals surface area contributed by atoms with E-state index >= 15 is 0 Å². The number of hydrogen-bond acceptors (Lipinski definition) is 1. The molecule has 0 saturated carbocycles. The van der Waals surface area contributed by atoms with Crippen molar-refractivity contribution in [1.29, 1.82) is 0 Å². The molecule has 0 unspecified atom stereocenters. The van der Waals surface area contributed by atoms with Crippen molar-refractivity contribution in [2.45, 2.75) is 74.7 Å². The topological polar surface area (TPSA) is 9.23 Å². The lowest BCUT2D eigenvalue weighted by Gasteiger charge is -2.62. The van der Waals surface area contributed by atoms with Crippen LogP contribution in [0.15, 0.2) is 83.5 Å². The zero-order chi connectivity index (χ0) is 27.9. The second-order valence-electron chi connectivity index (χ2n) is 13.2. The van der Waals surface area contributed by atoms with Crippen LogP contribution < -0.4 is 4.74 Å². The van der Waals surface area contributed by atoms with Crippen LogP contribution in [0.3, 0.4) is 0 Å². The molecule has 3 aliphatic rings. The summed E-state index contributed by atoms with van der Waals surface area (Å²) in [7, 11) is 1.77. The Bertz CT molecular complexity index is 1510. The molecule has 0 spiro atoms. The average Bonchev–Trinajstić information content (AvgIpc) is 2.81. The van der Waals surface area contributed by atoms with Gasteiger partial charge in [-0.15, -0.1) is 0 Å². The molecule has 0 fully saturated rings. The quantitative estimate of drug-likeness (QED) is 0.404. The molecule has 1 heteroatoms. The molecule has 0 saturated heterocycles. The highest BCUT2D eigenvalue weighted by Crippen LogP contribution is 2.70. The lowest BCUT2D eigenvalue weighted by Crippen LogP contribution is -2.52. The summed E-state index contributed by atoms with van der Waals surface area (Å²) in [5.74, 6) is 0.926. The molecule has 3 aliphatic carbocycles. The molecule has 5 rings (SSSR count). The number of aryl methyl sites for hydroxylation is 2. The second-order valence-corrected chi connectivity index (χ2v) is 13.2. The molecule has 0 radical (unpaired) electrons. The largest absolute Gasteiger partial charge is 0.496 e. The van der Waals surface area contributed by atoms with Gasteiger partial charge in [-0.05, 0) is 121 Å². The van der Waals surface area contributed by atoms with Gasteiger partial charge in [0.2, 0.25) is 0 Å². The minimum atomic E-state index is -0.138. The minimum absolute atomic E-state index is 0.0106. The van der Waals surface area contributed by atoms with Crippen LogP contribution in [-0.2, 0) is 6.42 Å². The van der Waals surface area contributed by atoms with Crippen molar-refractivity contribution in [3.63, 3.8) is 0 Å². The van der Waals surface area contributed by atoms with Gasteiger partial charge in [0.1, 0.15) is 5.75 Å². The molecular weight excluding hydrogens is 460 g/mol. The number of ether oxygens (including phenoxy) is 1. The molecule has 0 bridgehead atoms. The summed E-state index contributed by atoms with van der Waals surface area (Å²) in [6.07, 6.45) is 3.16. The summed E-state index contributed by atoms with van der Waals surface area (Å²) in [6, 6.07) is 11.1. The molecule has 1 nitrogen and oxygen atoms in total. The van der Waals surface area contributed by atoms with E-state index in [1.807, 2.05) is 0 Å². The molecule has 0 aliphatic heterocycles. The molecule has 0 amide bonds. The zero-order valence-electron chi connectivity index (χ0n) is 25.0. The number of hydrogen-bond donors (Lipinski definition) is 0. The number of benzene rings is 2. The number of rotatable bonds is 3. The summed E-state index contributed by atoms with van der Waals surface area (Å²) < 4.78 is 5.85. The van der Waals surface area contributed by atoms with Gasteiger partial charge in [0.05, 0.1) is 7.11 Å². The van der Waals surface area contributed by atoms with Crippen molar-refractivity contribution in [3.05, 3.63) is 106 Å². The predicted molar refractivity (Wildman–Crippen MR) is 164 cm³/mol. The van der Waals surface area contributed by atoms with Crippen LogP contribution in [0.5, 0.6) is 5.75 Å². The standard InChI is InChI=1S/C37H44O/c1-21(2)32-24(5)18-36(10)20-35(9)19-30-28(29-17-22(3)13-16-31(29)38-12)15-14-23(4)33(30)25(6)34(35)27(8)37(36,11)26(32)7/h13-17H,1,6-7,18-20H2,2-5,8-12H3/t35-,36+,37-/m1/s1. The normalized spacial score (nSPS) is 28.7. The lowest BCUT2D eigenvalue weighted by molar-refractivity contribution is 0.0544. The third kappa shape index (κ3) is 3.36. The fourth-order valence-corrected chi connectivity index (χ4v) is 8.82. The lowest BCUT2D eigenvalue weighted by atomic mass is 9.41. The third-order valence-electron chi connectivity index (χ3n) is 10.5. The van der Waals surface area contributed by atoms with Gasteiger partial charge in [-0.1, -0.05) is 81.0 Å². The molecule has 2 aromatic carbocycles. The van der Waals surface area contributed by atoms with Gasteiger partial charge in [0.25, 0.3) is 0 Å². The Morgan fingerprint density at radius 1 is 0.921 bits per heavy atom. The highest BCUT2D eigenvalue weighted by Gasteiger charge is 2.59. The molecular formula is C37H44O. The van der Waals surface area contributed by atoms with Crippen LogP contribution in [0.25, 0.3) is 16.7 Å². The maximum atomic E-state index is 5.85. The zero-order valence-corrected chi connectivity index (χ0v) is 25.0. The number of fused-ring (bicyclic) bond motifs is 3. The van der Waals surface area contributed by atoms with Crippen LogP contribution in [0.1, 0.15) is 76.6 Å². The molecule has 0 heterocycles. The maximum Gasteiger partial charge on any atom is 0.126 e. The van der Waals surface area contributed by atoms with Crippen LogP contribution in [0.4, 0.5) is 0 Å². The first-order valence-electron chi connectivity index (χ1n) is 13.9. The van der Waals surface area contributed by atoms with Crippen molar-refractivity contribution in [3.8, 4) is 16.9 Å². The Labute approximate surface area is 230 Å². The molecule has 0 aromatic heterocycles. The monoisotopic (exact) mass is 504 g/mol. The van der Waals surface area contributed by atoms with E-state index in [-0.39, 0.29) is 16.2 Å². The average molecular weight is 505 g/mol. The summed E-state index contributed by atoms with van der Waals surface area (Å²) in [5.41, 5.74) is 16.8. The molecule has 0 N–H and O–H groups in total. The van der Waals surface area contributed by atoms with Crippen LogP contribution in [0.2, 0.25) is 0 Å². The molecule has 2 aromatic rings. The molecule has 198 valence electrons. The van der Waals surface area contributed by atoms with Gasteiger partial charge in [0, 0.05) is 11.0 Å². The summed E-state index contributed by atoms with van der Waals surface area (Å²) in [6.45, 7) is 32.5. The smallest absolute Gasteiger partial charge is 0.126 e. The Morgan fingerprint density at radius 3 is 2.24 bits per heavy atom. The number of methoxy groups -OCH3 is 1. The van der Waals surface area contributed by atoms with E-state index in [4.69, 9.17) is 17.9 Å².